The minimum atomic E-state index is -2.47. The maximum atomic E-state index is 14.1. The SMILES string of the molecule is COc1cc(N2CCC3(CCN(C(=O)CN4Cc5cnc(C(=O)N[C@H]6CCC(=O)NC6=O)cc5C4)CC3)CC2)ccc1[C@@H]1c2[nH]c3ccccc3c2C[C@@H](C)N1CC(F)F. The number of alkyl halides is 2. The summed E-state index contributed by atoms with van der Waals surface area (Å²) in [6.07, 6.45) is 4.27. The van der Waals surface area contributed by atoms with Gasteiger partial charge in [0.1, 0.15) is 17.5 Å². The van der Waals surface area contributed by atoms with Gasteiger partial charge in [0, 0.05) is 91.8 Å². The molecule has 7 heterocycles. The molecule has 0 bridgehead atoms. The molecule has 3 fully saturated rings. The van der Waals surface area contributed by atoms with Crippen LogP contribution in [-0.4, -0.2) is 113 Å². The predicted octanol–water partition coefficient (Wildman–Crippen LogP) is 4.93. The number of imide groups is 1. The molecule has 5 aliphatic heterocycles. The van der Waals surface area contributed by atoms with Crippen molar-refractivity contribution in [1.29, 1.82) is 0 Å². The normalized spacial score (nSPS) is 23.2. The van der Waals surface area contributed by atoms with Gasteiger partial charge in [0.05, 0.1) is 26.2 Å². The summed E-state index contributed by atoms with van der Waals surface area (Å²) in [5.41, 5.74) is 7.37. The lowest BCUT2D eigenvalue weighted by Crippen LogP contribution is -2.52. The van der Waals surface area contributed by atoms with E-state index in [1.54, 1.807) is 19.4 Å². The first-order valence-corrected chi connectivity index (χ1v) is 21.2. The Hall–Kier alpha value is -5.41. The number of amides is 4. The van der Waals surface area contributed by atoms with E-state index in [1.165, 1.54) is 5.56 Å². The number of ether oxygens (including phenoxy) is 1. The molecule has 4 amide bonds. The highest BCUT2D eigenvalue weighted by Gasteiger charge is 2.41. The van der Waals surface area contributed by atoms with Gasteiger partial charge in [-0.05, 0) is 85.8 Å². The Morgan fingerprint density at radius 1 is 1.00 bits per heavy atom. The molecule has 0 radical (unpaired) electrons. The summed E-state index contributed by atoms with van der Waals surface area (Å²) in [6.45, 7) is 6.30. The summed E-state index contributed by atoms with van der Waals surface area (Å²) in [5.74, 6) is -0.533. The van der Waals surface area contributed by atoms with Crippen LogP contribution in [0.25, 0.3) is 10.9 Å². The largest absolute Gasteiger partial charge is 0.496 e. The molecule has 60 heavy (non-hydrogen) atoms. The topological polar surface area (TPSA) is 143 Å². The number of benzene rings is 2. The van der Waals surface area contributed by atoms with Crippen molar-refractivity contribution in [1.82, 2.24) is 35.3 Å². The molecular weight excluding hydrogens is 771 g/mol. The number of hydrogen-bond acceptors (Lipinski definition) is 9. The van der Waals surface area contributed by atoms with Crippen molar-refractivity contribution in [2.45, 2.75) is 89.5 Å². The molecule has 0 unspecified atom stereocenters. The predicted molar refractivity (Wildman–Crippen MR) is 221 cm³/mol. The first kappa shape index (κ1) is 40.0. The van der Waals surface area contributed by atoms with Crippen LogP contribution in [0.2, 0.25) is 0 Å². The summed E-state index contributed by atoms with van der Waals surface area (Å²) < 4.78 is 34.1. The summed E-state index contributed by atoms with van der Waals surface area (Å²) in [5, 5.41) is 6.07. The fourth-order valence-corrected chi connectivity index (χ4v) is 10.3. The smallest absolute Gasteiger partial charge is 0.270 e. The number of carbonyl (C=O) groups excluding carboxylic acids is 4. The summed E-state index contributed by atoms with van der Waals surface area (Å²) >= 11 is 0. The molecule has 316 valence electrons. The van der Waals surface area contributed by atoms with Gasteiger partial charge in [-0.1, -0.05) is 24.3 Å². The summed E-state index contributed by atoms with van der Waals surface area (Å²) in [4.78, 5) is 66.3. The number of methoxy groups -OCH3 is 1. The van der Waals surface area contributed by atoms with E-state index in [0.29, 0.717) is 25.3 Å². The van der Waals surface area contributed by atoms with Crippen molar-refractivity contribution in [3.05, 3.63) is 88.4 Å². The second-order valence-electron chi connectivity index (χ2n) is 17.4. The Bertz CT molecular complexity index is 2320. The number of hydrogen-bond donors (Lipinski definition) is 3. The number of piperidine rings is 3. The number of rotatable bonds is 9. The number of H-pyrrole nitrogens is 1. The highest BCUT2D eigenvalue weighted by Crippen LogP contribution is 2.46. The van der Waals surface area contributed by atoms with Gasteiger partial charge in [0.15, 0.2) is 0 Å². The fourth-order valence-electron chi connectivity index (χ4n) is 10.3. The van der Waals surface area contributed by atoms with Crippen molar-refractivity contribution >= 4 is 40.2 Å². The molecule has 3 N–H and O–H groups in total. The van der Waals surface area contributed by atoms with E-state index in [4.69, 9.17) is 4.74 Å². The number of aromatic amines is 1. The van der Waals surface area contributed by atoms with Crippen LogP contribution in [0.5, 0.6) is 5.75 Å². The number of fused-ring (bicyclic) bond motifs is 4. The molecule has 13 nitrogen and oxygen atoms in total. The van der Waals surface area contributed by atoms with Crippen LogP contribution < -0.4 is 20.3 Å². The summed E-state index contributed by atoms with van der Waals surface area (Å²) in [6, 6.07) is 14.9. The number of likely N-dealkylation sites (tertiary alicyclic amines) is 1. The van der Waals surface area contributed by atoms with E-state index in [9.17, 15) is 28.0 Å². The van der Waals surface area contributed by atoms with Gasteiger partial charge in [-0.2, -0.15) is 0 Å². The quantitative estimate of drug-likeness (QED) is 0.201. The monoisotopic (exact) mass is 822 g/mol. The van der Waals surface area contributed by atoms with Gasteiger partial charge >= 0.3 is 0 Å². The van der Waals surface area contributed by atoms with E-state index in [1.807, 2.05) is 34.9 Å². The Morgan fingerprint density at radius 3 is 2.50 bits per heavy atom. The number of aromatic nitrogens is 2. The number of nitrogens with one attached hydrogen (secondary N) is 3. The third kappa shape index (κ3) is 7.73. The van der Waals surface area contributed by atoms with Crippen LogP contribution in [0.1, 0.15) is 89.9 Å². The van der Waals surface area contributed by atoms with Crippen LogP contribution in [-0.2, 0) is 33.9 Å². The molecule has 15 heteroatoms. The number of halogens is 2. The molecule has 5 aliphatic rings. The first-order valence-electron chi connectivity index (χ1n) is 21.2. The third-order valence-corrected chi connectivity index (χ3v) is 13.8. The van der Waals surface area contributed by atoms with Crippen molar-refractivity contribution < 1.29 is 32.7 Å². The third-order valence-electron chi connectivity index (χ3n) is 13.8. The van der Waals surface area contributed by atoms with E-state index >= 15 is 0 Å². The number of nitrogens with zero attached hydrogens (tertiary/aromatic N) is 5. The van der Waals surface area contributed by atoms with Crippen molar-refractivity contribution in [3.63, 3.8) is 0 Å². The van der Waals surface area contributed by atoms with Gasteiger partial charge in [-0.3, -0.25) is 39.3 Å². The molecule has 1 spiro atoms. The van der Waals surface area contributed by atoms with Crippen molar-refractivity contribution in [3.8, 4) is 5.75 Å². The highest BCUT2D eigenvalue weighted by atomic mass is 19.3. The van der Waals surface area contributed by atoms with Crippen LogP contribution in [0, 0.1) is 5.41 Å². The molecule has 3 atom stereocenters. The zero-order valence-electron chi connectivity index (χ0n) is 34.1. The second kappa shape index (κ2) is 16.2. The van der Waals surface area contributed by atoms with Gasteiger partial charge in [0.2, 0.25) is 17.7 Å². The maximum absolute atomic E-state index is 14.1. The summed E-state index contributed by atoms with van der Waals surface area (Å²) in [7, 11) is 1.66. The minimum absolute atomic E-state index is 0.0826. The van der Waals surface area contributed by atoms with Gasteiger partial charge in [0.25, 0.3) is 12.3 Å². The van der Waals surface area contributed by atoms with E-state index in [-0.39, 0.29) is 54.9 Å². The zero-order chi connectivity index (χ0) is 41.7. The molecule has 2 aromatic carbocycles. The molecular formula is C45H52F2N8O5. The lowest BCUT2D eigenvalue weighted by molar-refractivity contribution is -0.136. The number of anilines is 1. The first-order chi connectivity index (χ1) is 29.0. The van der Waals surface area contributed by atoms with Gasteiger partial charge in [-0.25, -0.2) is 8.78 Å². The lowest BCUT2D eigenvalue weighted by atomic mass is 9.71. The molecule has 4 aromatic rings. The average molecular weight is 823 g/mol. The molecule has 9 rings (SSSR count). The highest BCUT2D eigenvalue weighted by molar-refractivity contribution is 6.03. The molecule has 3 saturated heterocycles. The van der Waals surface area contributed by atoms with E-state index in [0.717, 1.165) is 90.8 Å². The fraction of sp³-hybridized carbons (Fsp3) is 0.489. The van der Waals surface area contributed by atoms with Gasteiger partial charge in [-0.15, -0.1) is 0 Å². The standard InChI is InChI=1S/C45H52F2N8O5/c1-27-19-33-31-5-3-4-6-34(31)49-41(33)42(55(27)25-38(46)47)32-8-7-30(21-37(32)60-2)53-15-11-45(12-16-53)13-17-54(18-14-45)40(57)26-52-23-28-20-36(48-22-29(28)24-52)44(59)50-35-9-10-39(56)51-43(35)58/h3-8,20-22,27,35,38,42,49H,9-19,23-26H2,1-2H3,(H,50,59)(H,51,56,58)/t27-,35+,42-/m1/s1. The van der Waals surface area contributed by atoms with Crippen LogP contribution >= 0.6 is 0 Å². The number of carbonyl (C=O) groups is 4. The molecule has 0 saturated carbocycles. The second-order valence-corrected chi connectivity index (χ2v) is 17.4. The lowest BCUT2D eigenvalue weighted by Gasteiger charge is -2.47. The Kier molecular flexibility index (Phi) is 10.8. The van der Waals surface area contributed by atoms with Crippen LogP contribution in [0.4, 0.5) is 14.5 Å². The van der Waals surface area contributed by atoms with Gasteiger partial charge < -0.3 is 24.8 Å². The molecule has 0 aliphatic carbocycles. The van der Waals surface area contributed by atoms with Crippen LogP contribution in [0.3, 0.4) is 0 Å². The number of pyridine rings is 1. The average Bonchev–Trinajstić information content (AvgIpc) is 3.82. The molecule has 2 aromatic heterocycles. The minimum Gasteiger partial charge on any atom is -0.496 e. The zero-order valence-corrected chi connectivity index (χ0v) is 34.1. The Balaban J connectivity index is 0.797. The Morgan fingerprint density at radius 2 is 1.75 bits per heavy atom. The van der Waals surface area contributed by atoms with Crippen LogP contribution in [0.15, 0.2) is 54.7 Å². The van der Waals surface area contributed by atoms with E-state index < -0.39 is 30.3 Å². The van der Waals surface area contributed by atoms with E-state index in [2.05, 4.69) is 54.7 Å². The Labute approximate surface area is 347 Å². The maximum Gasteiger partial charge on any atom is 0.270 e. The van der Waals surface area contributed by atoms with Crippen molar-refractivity contribution in [2.75, 3.05) is 51.3 Å². The van der Waals surface area contributed by atoms with Crippen molar-refractivity contribution in [2.24, 2.45) is 5.41 Å². The number of para-hydroxylation sites is 1.